The fraction of sp³-hybridized carbons (Fsp3) is 0.400. The molecule has 0 saturated carbocycles. The molecule has 1 aliphatic heterocycles. The summed E-state index contributed by atoms with van der Waals surface area (Å²) in [5, 5.41) is 14.3. The number of nitrogens with zero attached hydrogens (tertiary/aromatic N) is 3. The molecule has 1 aromatic heterocycles. The molecule has 1 aliphatic rings. The molecule has 2 aromatic rings. The molecule has 12 heteroatoms. The smallest absolute Gasteiger partial charge is 0.293 e. The Bertz CT molecular complexity index is 1050. The summed E-state index contributed by atoms with van der Waals surface area (Å²) in [5.41, 5.74) is 5.98. The predicted molar refractivity (Wildman–Crippen MR) is 113 cm³/mol. The summed E-state index contributed by atoms with van der Waals surface area (Å²) in [4.78, 5) is 34.6. The zero-order chi connectivity index (χ0) is 23.3. The summed E-state index contributed by atoms with van der Waals surface area (Å²) in [6.07, 6.45) is 2.38. The molecule has 0 spiro atoms. The maximum atomic E-state index is 13.3. The van der Waals surface area contributed by atoms with E-state index in [0.717, 1.165) is 12.1 Å². The molecule has 1 saturated heterocycles. The van der Waals surface area contributed by atoms with E-state index in [1.807, 2.05) is 0 Å². The van der Waals surface area contributed by atoms with Crippen molar-refractivity contribution in [2.75, 3.05) is 25.0 Å². The first-order chi connectivity index (χ1) is 15.2. The highest BCUT2D eigenvalue weighted by molar-refractivity contribution is 5.76. The van der Waals surface area contributed by atoms with Gasteiger partial charge >= 0.3 is 0 Å². The minimum Gasteiger partial charge on any atom is -0.368 e. The molecule has 172 valence electrons. The van der Waals surface area contributed by atoms with Crippen LogP contribution in [-0.2, 0) is 22.6 Å². The number of nitrogens with two attached hydrogens (primary N) is 1. The molecule has 0 radical (unpaired) electrons. The normalized spacial score (nSPS) is 16.0. The van der Waals surface area contributed by atoms with E-state index in [-0.39, 0.29) is 43.4 Å². The number of hydrogen-bond acceptors (Lipinski definition) is 6. The van der Waals surface area contributed by atoms with E-state index in [0.29, 0.717) is 30.6 Å². The van der Waals surface area contributed by atoms with Crippen molar-refractivity contribution in [2.24, 2.45) is 5.73 Å². The summed E-state index contributed by atoms with van der Waals surface area (Å²) >= 11 is 0. The van der Waals surface area contributed by atoms with E-state index < -0.39 is 17.2 Å². The van der Waals surface area contributed by atoms with Gasteiger partial charge in [0.1, 0.15) is 6.54 Å². The largest absolute Gasteiger partial charge is 0.368 e. The number of hydrogen-bond donors (Lipinski definition) is 4. The Morgan fingerprint density at radius 2 is 2.16 bits per heavy atom. The van der Waals surface area contributed by atoms with E-state index >= 15 is 0 Å². The first-order valence-electron chi connectivity index (χ1n) is 10.0. The number of guanidine groups is 1. The van der Waals surface area contributed by atoms with Gasteiger partial charge in [0.2, 0.25) is 11.9 Å². The van der Waals surface area contributed by atoms with Gasteiger partial charge in [0.15, 0.2) is 17.5 Å². The topological polar surface area (TPSA) is 138 Å². The Hall–Kier alpha value is -3.54. The lowest BCUT2D eigenvalue weighted by atomic mass is 10.1. The van der Waals surface area contributed by atoms with Gasteiger partial charge in [-0.05, 0) is 37.5 Å². The van der Waals surface area contributed by atoms with Crippen molar-refractivity contribution >= 4 is 17.7 Å². The van der Waals surface area contributed by atoms with Crippen LogP contribution in [0.3, 0.4) is 0 Å². The number of carbonyl (C=O) groups is 1. The first kappa shape index (κ1) is 23.1. The third-order valence-electron chi connectivity index (χ3n) is 4.99. The van der Waals surface area contributed by atoms with Crippen molar-refractivity contribution in [3.63, 3.8) is 0 Å². The number of halogens is 2. The van der Waals surface area contributed by atoms with E-state index in [9.17, 15) is 18.4 Å². The molecular weight excluding hydrogens is 424 g/mol. The molecule has 3 rings (SSSR count). The third kappa shape index (κ3) is 5.78. The van der Waals surface area contributed by atoms with Crippen molar-refractivity contribution in [3.8, 4) is 0 Å². The van der Waals surface area contributed by atoms with Gasteiger partial charge in [0.05, 0.1) is 19.2 Å². The van der Waals surface area contributed by atoms with Crippen molar-refractivity contribution < 1.29 is 18.4 Å². The van der Waals surface area contributed by atoms with E-state index in [2.05, 4.69) is 15.6 Å². The average Bonchev–Trinajstić information content (AvgIpc) is 2.75. The molecule has 1 amide bonds. The Morgan fingerprint density at radius 1 is 1.38 bits per heavy atom. The molecule has 1 aromatic carbocycles. The zero-order valence-corrected chi connectivity index (χ0v) is 17.5. The number of aryl methyl sites for hydroxylation is 1. The van der Waals surface area contributed by atoms with Gasteiger partial charge < -0.3 is 16.4 Å². The maximum Gasteiger partial charge on any atom is 0.293 e. The van der Waals surface area contributed by atoms with E-state index in [1.165, 1.54) is 21.9 Å². The number of hydroxylamine groups is 2. The van der Waals surface area contributed by atoms with Crippen LogP contribution in [0.5, 0.6) is 0 Å². The minimum atomic E-state index is -0.929. The van der Waals surface area contributed by atoms with Gasteiger partial charge in [-0.3, -0.25) is 24.4 Å². The number of rotatable bonds is 7. The summed E-state index contributed by atoms with van der Waals surface area (Å²) in [7, 11) is 0. The monoisotopic (exact) mass is 449 g/mol. The van der Waals surface area contributed by atoms with Crippen molar-refractivity contribution in [3.05, 3.63) is 57.6 Å². The lowest BCUT2D eigenvalue weighted by Gasteiger charge is -2.31. The second-order valence-corrected chi connectivity index (χ2v) is 7.40. The lowest BCUT2D eigenvalue weighted by Crippen LogP contribution is -2.50. The van der Waals surface area contributed by atoms with Crippen LogP contribution in [-0.4, -0.2) is 52.2 Å². The number of aromatic nitrogens is 2. The Labute approximate surface area is 182 Å². The molecule has 32 heavy (non-hydrogen) atoms. The summed E-state index contributed by atoms with van der Waals surface area (Å²) in [5.74, 6) is -2.35. The zero-order valence-electron chi connectivity index (χ0n) is 17.5. The second kappa shape index (κ2) is 10.2. The maximum absolute atomic E-state index is 13.3. The van der Waals surface area contributed by atoms with Crippen LogP contribution < -0.4 is 21.9 Å². The van der Waals surface area contributed by atoms with Crippen LogP contribution >= 0.6 is 0 Å². The van der Waals surface area contributed by atoms with Crippen LogP contribution in [0.15, 0.2) is 29.2 Å². The van der Waals surface area contributed by atoms with Crippen LogP contribution in [0.2, 0.25) is 0 Å². The molecule has 2 heterocycles. The van der Waals surface area contributed by atoms with Gasteiger partial charge in [-0.1, -0.05) is 6.07 Å². The van der Waals surface area contributed by atoms with Crippen molar-refractivity contribution in [1.82, 2.24) is 19.9 Å². The molecule has 5 N–H and O–H groups in total. The van der Waals surface area contributed by atoms with E-state index in [4.69, 9.17) is 16.0 Å². The lowest BCUT2D eigenvalue weighted by molar-refractivity contribution is -0.143. The van der Waals surface area contributed by atoms with Gasteiger partial charge in [0, 0.05) is 18.4 Å². The Balaban J connectivity index is 1.57. The first-order valence-corrected chi connectivity index (χ1v) is 10.0. The van der Waals surface area contributed by atoms with E-state index in [1.54, 1.807) is 6.92 Å². The third-order valence-corrected chi connectivity index (χ3v) is 4.99. The summed E-state index contributed by atoms with van der Waals surface area (Å²) < 4.78 is 27.6. The molecular formula is C20H25F2N7O3. The van der Waals surface area contributed by atoms with Crippen LogP contribution in [0.1, 0.15) is 17.7 Å². The SMILES string of the molecule is Cc1cnc(NCCc2ccc(F)c(F)c2)c(=O)n1CC(=O)NC1CCN(C(=N)N)OC1. The molecule has 10 nitrogen and oxygen atoms in total. The quantitative estimate of drug-likeness (QED) is 0.357. The van der Waals surface area contributed by atoms with Gasteiger partial charge in [-0.15, -0.1) is 0 Å². The molecule has 1 unspecified atom stereocenters. The molecule has 1 fully saturated rings. The highest BCUT2D eigenvalue weighted by atomic mass is 19.2. The average molecular weight is 449 g/mol. The second-order valence-electron chi connectivity index (χ2n) is 7.40. The standard InChI is InChI=1S/C20H25F2N7O3/c1-12-9-26-18(25-6-4-13-2-3-15(21)16(22)8-13)19(31)28(12)10-17(30)27-14-5-7-29(20(23)24)32-11-14/h2-3,8-9,14H,4-7,10-11H2,1H3,(H3,23,24)(H,25,26)(H,27,30). The van der Waals surface area contributed by atoms with Crippen LogP contribution in [0, 0.1) is 24.0 Å². The number of carbonyl (C=O) groups excluding carboxylic acids is 1. The van der Waals surface area contributed by atoms with Crippen LogP contribution in [0.25, 0.3) is 0 Å². The fourth-order valence-corrected chi connectivity index (χ4v) is 3.23. The summed E-state index contributed by atoms with van der Waals surface area (Å²) in [6.45, 7) is 2.29. The fourth-order valence-electron chi connectivity index (χ4n) is 3.23. The van der Waals surface area contributed by atoms with Crippen LogP contribution in [0.4, 0.5) is 14.6 Å². The van der Waals surface area contributed by atoms with Crippen molar-refractivity contribution in [2.45, 2.75) is 32.4 Å². The number of nitrogens with one attached hydrogen (secondary N) is 3. The molecule has 1 atom stereocenters. The number of amides is 1. The Morgan fingerprint density at radius 3 is 2.81 bits per heavy atom. The molecule has 0 bridgehead atoms. The minimum absolute atomic E-state index is 0.0593. The van der Waals surface area contributed by atoms with Gasteiger partial charge in [0.25, 0.3) is 5.56 Å². The van der Waals surface area contributed by atoms with Crippen molar-refractivity contribution in [1.29, 1.82) is 5.41 Å². The summed E-state index contributed by atoms with van der Waals surface area (Å²) in [6, 6.07) is 3.36. The Kier molecular flexibility index (Phi) is 7.36. The highest BCUT2D eigenvalue weighted by Gasteiger charge is 2.23. The predicted octanol–water partition coefficient (Wildman–Crippen LogP) is 0.500. The van der Waals surface area contributed by atoms with Gasteiger partial charge in [-0.2, -0.15) is 0 Å². The molecule has 0 aliphatic carbocycles. The number of anilines is 1. The number of benzene rings is 1. The van der Waals surface area contributed by atoms with Gasteiger partial charge in [-0.25, -0.2) is 18.8 Å². The highest BCUT2D eigenvalue weighted by Crippen LogP contribution is 2.10.